The van der Waals surface area contributed by atoms with Gasteiger partial charge in [-0.15, -0.1) is 0 Å². The van der Waals surface area contributed by atoms with E-state index >= 15 is 0 Å². The van der Waals surface area contributed by atoms with Crippen LogP contribution < -0.4 is 0 Å². The fourth-order valence-corrected chi connectivity index (χ4v) is 4.20. The molecule has 0 aliphatic heterocycles. The minimum Gasteiger partial charge on any atom is -0.0754 e. The molecule has 0 fully saturated rings. The van der Waals surface area contributed by atoms with Crippen molar-refractivity contribution in [3.63, 3.8) is 0 Å². The molecule has 0 amide bonds. The van der Waals surface area contributed by atoms with Crippen molar-refractivity contribution in [3.8, 4) is 0 Å². The van der Waals surface area contributed by atoms with Crippen LogP contribution in [0.1, 0.15) is 39.7 Å². The highest BCUT2D eigenvalue weighted by atomic mass is 14.4. The normalized spacial score (nSPS) is 20.6. The van der Waals surface area contributed by atoms with E-state index in [4.69, 9.17) is 0 Å². The highest BCUT2D eigenvalue weighted by Gasteiger charge is 2.34. The van der Waals surface area contributed by atoms with Gasteiger partial charge in [-0.3, -0.25) is 0 Å². The Morgan fingerprint density at radius 3 is 2.08 bits per heavy atom. The topological polar surface area (TPSA) is 0 Å². The van der Waals surface area contributed by atoms with Gasteiger partial charge in [0.15, 0.2) is 0 Å². The molecule has 2 unspecified atom stereocenters. The molecule has 0 spiro atoms. The Balaban J connectivity index is 1.68. The molecule has 2 aliphatic carbocycles. The van der Waals surface area contributed by atoms with Gasteiger partial charge < -0.3 is 0 Å². The third kappa shape index (κ3) is 2.00. The lowest BCUT2D eigenvalue weighted by atomic mass is 9.78. The van der Waals surface area contributed by atoms with Crippen molar-refractivity contribution in [1.29, 1.82) is 0 Å². The molecule has 114 valence electrons. The molecular formula is C24H18. The molecule has 0 N–H and O–H groups in total. The van der Waals surface area contributed by atoms with Gasteiger partial charge in [0.2, 0.25) is 0 Å². The van der Waals surface area contributed by atoms with E-state index < -0.39 is 0 Å². The smallest absolute Gasteiger partial charge is 0.0205 e. The first kappa shape index (κ1) is 13.6. The minimum atomic E-state index is 0.392. The van der Waals surface area contributed by atoms with Crippen molar-refractivity contribution in [1.82, 2.24) is 0 Å². The second-order valence-electron chi connectivity index (χ2n) is 6.59. The SMILES string of the molecule is C1=CC(C2C(c3ccccc3)=Cc3ccccc32)c2ccccc21. The Labute approximate surface area is 142 Å². The fourth-order valence-electron chi connectivity index (χ4n) is 4.20. The molecule has 5 rings (SSSR count). The number of hydrogen-bond acceptors (Lipinski definition) is 0. The molecule has 0 aromatic heterocycles. The van der Waals surface area contributed by atoms with E-state index in [1.54, 1.807) is 0 Å². The Kier molecular flexibility index (Phi) is 3.02. The molecule has 24 heavy (non-hydrogen) atoms. The number of hydrogen-bond donors (Lipinski definition) is 0. The molecule has 0 heterocycles. The minimum absolute atomic E-state index is 0.392. The zero-order valence-electron chi connectivity index (χ0n) is 13.4. The second kappa shape index (κ2) is 5.35. The van der Waals surface area contributed by atoms with Crippen molar-refractivity contribution in [2.24, 2.45) is 0 Å². The maximum absolute atomic E-state index is 2.38. The molecule has 2 atom stereocenters. The van der Waals surface area contributed by atoms with E-state index in [1.165, 1.54) is 33.4 Å². The van der Waals surface area contributed by atoms with Crippen molar-refractivity contribution in [2.75, 3.05) is 0 Å². The molecule has 3 aromatic carbocycles. The predicted octanol–water partition coefficient (Wildman–Crippen LogP) is 6.14. The van der Waals surface area contributed by atoms with Crippen molar-refractivity contribution in [3.05, 3.63) is 113 Å². The Hall–Kier alpha value is -2.86. The van der Waals surface area contributed by atoms with Gasteiger partial charge in [0, 0.05) is 11.8 Å². The van der Waals surface area contributed by atoms with Crippen LogP contribution in [-0.2, 0) is 0 Å². The van der Waals surface area contributed by atoms with Crippen LogP contribution in [0.25, 0.3) is 17.7 Å². The number of fused-ring (bicyclic) bond motifs is 2. The molecule has 0 radical (unpaired) electrons. The van der Waals surface area contributed by atoms with E-state index in [0.29, 0.717) is 11.8 Å². The highest BCUT2D eigenvalue weighted by molar-refractivity contribution is 5.93. The van der Waals surface area contributed by atoms with Crippen molar-refractivity contribution in [2.45, 2.75) is 11.8 Å². The monoisotopic (exact) mass is 306 g/mol. The Bertz CT molecular complexity index is 960. The Morgan fingerprint density at radius 1 is 0.583 bits per heavy atom. The summed E-state index contributed by atoms with van der Waals surface area (Å²) in [5, 5.41) is 0. The highest BCUT2D eigenvalue weighted by Crippen LogP contribution is 2.52. The molecule has 0 saturated heterocycles. The largest absolute Gasteiger partial charge is 0.0754 e. The van der Waals surface area contributed by atoms with Crippen LogP contribution in [0.15, 0.2) is 84.9 Å². The molecule has 3 aromatic rings. The van der Waals surface area contributed by atoms with E-state index in [1.807, 2.05) is 0 Å². The molecule has 2 aliphatic rings. The van der Waals surface area contributed by atoms with Gasteiger partial charge in [-0.1, -0.05) is 97.1 Å². The summed E-state index contributed by atoms with van der Waals surface area (Å²) >= 11 is 0. The molecular weight excluding hydrogens is 288 g/mol. The number of benzene rings is 3. The van der Waals surface area contributed by atoms with Gasteiger partial charge in [0.25, 0.3) is 0 Å². The average Bonchev–Trinajstić information content (AvgIpc) is 3.23. The number of rotatable bonds is 2. The van der Waals surface area contributed by atoms with E-state index in [2.05, 4.69) is 97.1 Å². The van der Waals surface area contributed by atoms with Gasteiger partial charge in [-0.2, -0.15) is 0 Å². The van der Waals surface area contributed by atoms with E-state index in [0.717, 1.165) is 0 Å². The molecule has 0 saturated carbocycles. The summed E-state index contributed by atoms with van der Waals surface area (Å²) in [6.07, 6.45) is 7.04. The van der Waals surface area contributed by atoms with Gasteiger partial charge in [-0.25, -0.2) is 0 Å². The van der Waals surface area contributed by atoms with Crippen LogP contribution in [0.4, 0.5) is 0 Å². The standard InChI is InChI=1S/C24H18/c1-2-8-17(9-3-1)23-16-19-11-5-7-13-21(19)24(23)22-15-14-18-10-4-6-12-20(18)22/h1-16,22,24H. The van der Waals surface area contributed by atoms with Gasteiger partial charge >= 0.3 is 0 Å². The van der Waals surface area contributed by atoms with Gasteiger partial charge in [-0.05, 0) is 33.4 Å². The van der Waals surface area contributed by atoms with E-state index in [9.17, 15) is 0 Å². The van der Waals surface area contributed by atoms with Crippen molar-refractivity contribution >= 4 is 17.7 Å². The quantitative estimate of drug-likeness (QED) is 0.534. The predicted molar refractivity (Wildman–Crippen MR) is 102 cm³/mol. The Morgan fingerprint density at radius 2 is 1.25 bits per heavy atom. The summed E-state index contributed by atoms with van der Waals surface area (Å²) in [5.74, 6) is 0.805. The maximum Gasteiger partial charge on any atom is 0.0205 e. The van der Waals surface area contributed by atoms with Crippen LogP contribution in [0, 0.1) is 0 Å². The average molecular weight is 306 g/mol. The fraction of sp³-hybridized carbons (Fsp3) is 0.0833. The first-order chi connectivity index (χ1) is 11.9. The molecule has 0 nitrogen and oxygen atoms in total. The van der Waals surface area contributed by atoms with Gasteiger partial charge in [0.1, 0.15) is 0 Å². The first-order valence-electron chi connectivity index (χ1n) is 8.55. The third-order valence-electron chi connectivity index (χ3n) is 5.28. The zero-order valence-corrected chi connectivity index (χ0v) is 13.4. The van der Waals surface area contributed by atoms with Crippen molar-refractivity contribution < 1.29 is 0 Å². The van der Waals surface area contributed by atoms with Crippen LogP contribution in [-0.4, -0.2) is 0 Å². The summed E-state index contributed by atoms with van der Waals surface area (Å²) in [6, 6.07) is 28.4. The summed E-state index contributed by atoms with van der Waals surface area (Å²) in [7, 11) is 0. The summed E-state index contributed by atoms with van der Waals surface area (Å²) in [5.41, 5.74) is 8.38. The van der Waals surface area contributed by atoms with Gasteiger partial charge in [0.05, 0.1) is 0 Å². The summed E-state index contributed by atoms with van der Waals surface area (Å²) in [6.45, 7) is 0. The molecule has 0 heteroatoms. The first-order valence-corrected chi connectivity index (χ1v) is 8.55. The second-order valence-corrected chi connectivity index (χ2v) is 6.59. The maximum atomic E-state index is 2.38. The van der Waals surface area contributed by atoms with Crippen LogP contribution in [0.2, 0.25) is 0 Å². The summed E-state index contributed by atoms with van der Waals surface area (Å²) in [4.78, 5) is 0. The molecule has 0 bridgehead atoms. The van der Waals surface area contributed by atoms with Crippen LogP contribution >= 0.6 is 0 Å². The van der Waals surface area contributed by atoms with Crippen LogP contribution in [0.5, 0.6) is 0 Å². The van der Waals surface area contributed by atoms with Crippen LogP contribution in [0.3, 0.4) is 0 Å². The number of allylic oxidation sites excluding steroid dienone is 2. The summed E-state index contributed by atoms with van der Waals surface area (Å²) < 4.78 is 0. The van der Waals surface area contributed by atoms with E-state index in [-0.39, 0.29) is 0 Å². The lowest BCUT2D eigenvalue weighted by Gasteiger charge is -2.24. The lowest BCUT2D eigenvalue weighted by molar-refractivity contribution is 0.773. The zero-order chi connectivity index (χ0) is 15.9. The lowest BCUT2D eigenvalue weighted by Crippen LogP contribution is -2.08. The third-order valence-corrected chi connectivity index (χ3v) is 5.28.